The second-order valence-electron chi connectivity index (χ2n) is 4.53. The normalized spacial score (nSPS) is 23.6. The summed E-state index contributed by atoms with van der Waals surface area (Å²) in [4.78, 5) is 0. The van der Waals surface area contributed by atoms with Crippen molar-refractivity contribution in [3.05, 3.63) is 0 Å². The van der Waals surface area contributed by atoms with Crippen LogP contribution in [0.25, 0.3) is 0 Å². The van der Waals surface area contributed by atoms with E-state index in [0.29, 0.717) is 12.6 Å². The third-order valence-corrected chi connectivity index (χ3v) is 3.65. The van der Waals surface area contributed by atoms with E-state index in [1.807, 2.05) is 6.92 Å². The van der Waals surface area contributed by atoms with Crippen LogP contribution in [0.5, 0.6) is 0 Å². The van der Waals surface area contributed by atoms with Gasteiger partial charge in [0.1, 0.15) is 0 Å². The summed E-state index contributed by atoms with van der Waals surface area (Å²) < 4.78 is 35.6. The first-order valence-electron chi connectivity index (χ1n) is 6.15. The zero-order valence-electron chi connectivity index (χ0n) is 10.1. The molecule has 0 radical (unpaired) electrons. The monoisotopic (exact) mass is 270 g/mol. The molecule has 0 aliphatic carbocycles. The summed E-state index contributed by atoms with van der Waals surface area (Å²) in [5, 5.41) is 6.58. The van der Waals surface area contributed by atoms with Crippen molar-refractivity contribution in [3.63, 3.8) is 0 Å². The summed E-state index contributed by atoms with van der Waals surface area (Å²) in [7, 11) is 0. The maximum atomic E-state index is 11.9. The molecule has 2 unspecified atom stereocenters. The van der Waals surface area contributed by atoms with Crippen LogP contribution in [0.2, 0.25) is 0 Å². The predicted octanol–water partition coefficient (Wildman–Crippen LogP) is 2.75. The van der Waals surface area contributed by atoms with E-state index in [2.05, 4.69) is 10.6 Å². The van der Waals surface area contributed by atoms with Gasteiger partial charge in [0.05, 0.1) is 0 Å². The maximum absolute atomic E-state index is 11.9. The van der Waals surface area contributed by atoms with Gasteiger partial charge in [0.2, 0.25) is 0 Å². The molecule has 17 heavy (non-hydrogen) atoms. The van der Waals surface area contributed by atoms with Crippen molar-refractivity contribution in [2.75, 3.05) is 18.8 Å². The highest BCUT2D eigenvalue weighted by Crippen LogP contribution is 2.29. The number of hydrogen-bond acceptors (Lipinski definition) is 3. The number of hydrogen-bond donors (Lipinski definition) is 2. The van der Waals surface area contributed by atoms with Crippen molar-refractivity contribution >= 4 is 11.8 Å². The Labute approximate surface area is 105 Å². The molecule has 6 heteroatoms. The van der Waals surface area contributed by atoms with Gasteiger partial charge in [0.15, 0.2) is 0 Å². The highest BCUT2D eigenvalue weighted by Gasteiger charge is 2.27. The Hall–Kier alpha value is 0.0600. The Balaban J connectivity index is 2.02. The van der Waals surface area contributed by atoms with E-state index in [9.17, 15) is 13.2 Å². The van der Waals surface area contributed by atoms with Crippen LogP contribution in [-0.2, 0) is 0 Å². The first kappa shape index (κ1) is 15.1. The predicted molar refractivity (Wildman–Crippen MR) is 66.2 cm³/mol. The fourth-order valence-electron chi connectivity index (χ4n) is 2.11. The summed E-state index contributed by atoms with van der Waals surface area (Å²) in [6.45, 7) is 3.52. The molecule has 0 bridgehead atoms. The van der Waals surface area contributed by atoms with Gasteiger partial charge in [-0.1, -0.05) is 6.42 Å². The molecule has 1 heterocycles. The summed E-state index contributed by atoms with van der Waals surface area (Å²) in [6, 6.07) is 0.806. The van der Waals surface area contributed by atoms with Crippen LogP contribution in [-0.4, -0.2) is 36.4 Å². The average molecular weight is 270 g/mol. The van der Waals surface area contributed by atoms with Crippen LogP contribution in [0.4, 0.5) is 13.2 Å². The lowest BCUT2D eigenvalue weighted by molar-refractivity contribution is -0.0327. The van der Waals surface area contributed by atoms with E-state index >= 15 is 0 Å². The van der Waals surface area contributed by atoms with Gasteiger partial charge >= 0.3 is 5.51 Å². The first-order chi connectivity index (χ1) is 7.97. The van der Waals surface area contributed by atoms with Gasteiger partial charge in [-0.05, 0) is 44.5 Å². The molecule has 2 nitrogen and oxygen atoms in total. The van der Waals surface area contributed by atoms with E-state index in [0.717, 1.165) is 13.0 Å². The minimum absolute atomic E-state index is 0.0435. The largest absolute Gasteiger partial charge is 0.441 e. The number of nitrogens with one attached hydrogen (secondary N) is 2. The second kappa shape index (κ2) is 7.48. The molecule has 0 amide bonds. The highest BCUT2D eigenvalue weighted by molar-refractivity contribution is 8.00. The van der Waals surface area contributed by atoms with Gasteiger partial charge in [-0.15, -0.1) is 0 Å². The number of rotatable bonds is 6. The zero-order valence-corrected chi connectivity index (χ0v) is 11.0. The molecule has 102 valence electrons. The third kappa shape index (κ3) is 7.89. The van der Waals surface area contributed by atoms with Crippen LogP contribution in [0.1, 0.15) is 32.6 Å². The van der Waals surface area contributed by atoms with Crippen LogP contribution >= 0.6 is 11.8 Å². The minimum atomic E-state index is -4.10. The average Bonchev–Trinajstić information content (AvgIpc) is 2.25. The van der Waals surface area contributed by atoms with E-state index in [4.69, 9.17) is 0 Å². The van der Waals surface area contributed by atoms with Crippen molar-refractivity contribution in [3.8, 4) is 0 Å². The smallest absolute Gasteiger partial charge is 0.314 e. The molecule has 2 atom stereocenters. The molecular weight excluding hydrogens is 249 g/mol. The molecular formula is C11H21F3N2S. The molecule has 1 fully saturated rings. The quantitative estimate of drug-likeness (QED) is 0.726. The molecule has 0 saturated carbocycles. The number of piperidine rings is 1. The summed E-state index contributed by atoms with van der Waals surface area (Å²) in [5.41, 5.74) is -4.10. The molecule has 1 rings (SSSR count). The van der Waals surface area contributed by atoms with E-state index in [1.165, 1.54) is 19.3 Å². The standard InChI is InChI=1S/C11H21F3N2S/c1-9(8-10-4-2-3-5-16-10)15-6-7-17-11(12,13)14/h9-10,15-16H,2-8H2,1H3. The van der Waals surface area contributed by atoms with Crippen LogP contribution in [0.3, 0.4) is 0 Å². The number of halogens is 3. The lowest BCUT2D eigenvalue weighted by Crippen LogP contribution is -2.40. The molecule has 1 aliphatic rings. The minimum Gasteiger partial charge on any atom is -0.314 e. The van der Waals surface area contributed by atoms with Crippen molar-refractivity contribution in [2.24, 2.45) is 0 Å². The van der Waals surface area contributed by atoms with Gasteiger partial charge in [0, 0.05) is 24.4 Å². The Kier molecular flexibility index (Phi) is 6.66. The Morgan fingerprint density at radius 1 is 1.41 bits per heavy atom. The van der Waals surface area contributed by atoms with Gasteiger partial charge in [-0.2, -0.15) is 13.2 Å². The Morgan fingerprint density at radius 3 is 2.76 bits per heavy atom. The van der Waals surface area contributed by atoms with Gasteiger partial charge in [0.25, 0.3) is 0 Å². The number of thioether (sulfide) groups is 1. The van der Waals surface area contributed by atoms with Gasteiger partial charge < -0.3 is 10.6 Å². The zero-order chi connectivity index (χ0) is 12.7. The van der Waals surface area contributed by atoms with Crippen LogP contribution < -0.4 is 10.6 Å². The van der Waals surface area contributed by atoms with Crippen molar-refractivity contribution in [2.45, 2.75) is 50.2 Å². The SMILES string of the molecule is CC(CC1CCCCN1)NCCSC(F)(F)F. The summed E-state index contributed by atoms with van der Waals surface area (Å²) in [5.74, 6) is 0.0892. The molecule has 1 saturated heterocycles. The molecule has 1 aliphatic heterocycles. The van der Waals surface area contributed by atoms with E-state index in [1.54, 1.807) is 0 Å². The maximum Gasteiger partial charge on any atom is 0.441 e. The van der Waals surface area contributed by atoms with Gasteiger partial charge in [-0.3, -0.25) is 0 Å². The topological polar surface area (TPSA) is 24.1 Å². The lowest BCUT2D eigenvalue weighted by atomic mass is 9.99. The Morgan fingerprint density at radius 2 is 2.18 bits per heavy atom. The molecule has 0 spiro atoms. The van der Waals surface area contributed by atoms with E-state index < -0.39 is 5.51 Å². The molecule has 0 aromatic carbocycles. The van der Waals surface area contributed by atoms with Gasteiger partial charge in [-0.25, -0.2) is 0 Å². The highest BCUT2D eigenvalue weighted by atomic mass is 32.2. The van der Waals surface area contributed by atoms with Crippen LogP contribution in [0.15, 0.2) is 0 Å². The molecule has 0 aromatic heterocycles. The second-order valence-corrected chi connectivity index (χ2v) is 5.69. The fourth-order valence-corrected chi connectivity index (χ4v) is 2.56. The van der Waals surface area contributed by atoms with E-state index in [-0.39, 0.29) is 23.6 Å². The molecule has 2 N–H and O–H groups in total. The van der Waals surface area contributed by atoms with Crippen molar-refractivity contribution < 1.29 is 13.2 Å². The lowest BCUT2D eigenvalue weighted by Gasteiger charge is -2.26. The first-order valence-corrected chi connectivity index (χ1v) is 7.13. The third-order valence-electron chi connectivity index (χ3n) is 2.91. The molecule has 0 aromatic rings. The Bertz CT molecular complexity index is 205. The number of alkyl halides is 3. The summed E-state index contributed by atoms with van der Waals surface area (Å²) >= 11 is 0.0435. The van der Waals surface area contributed by atoms with Crippen molar-refractivity contribution in [1.82, 2.24) is 10.6 Å². The van der Waals surface area contributed by atoms with Crippen LogP contribution in [0, 0.1) is 0 Å². The summed E-state index contributed by atoms with van der Waals surface area (Å²) in [6.07, 6.45) is 4.68. The van der Waals surface area contributed by atoms with Crippen molar-refractivity contribution in [1.29, 1.82) is 0 Å². The fraction of sp³-hybridized carbons (Fsp3) is 1.00.